The fourth-order valence-electron chi connectivity index (χ4n) is 1.42. The van der Waals surface area contributed by atoms with Gasteiger partial charge in [0.05, 0.1) is 5.02 Å². The minimum absolute atomic E-state index is 0.105. The van der Waals surface area contributed by atoms with Crippen molar-refractivity contribution in [3.63, 3.8) is 0 Å². The van der Waals surface area contributed by atoms with Crippen molar-refractivity contribution in [1.29, 1.82) is 0 Å². The molecule has 1 nitrogen and oxygen atoms in total. The van der Waals surface area contributed by atoms with Gasteiger partial charge in [0.15, 0.2) is 0 Å². The molecule has 2 aromatic carbocycles. The summed E-state index contributed by atoms with van der Waals surface area (Å²) >= 11 is 5.84. The molecule has 0 saturated carbocycles. The Morgan fingerprint density at radius 3 is 2.67 bits per heavy atom. The minimum Gasteiger partial charge on any atom is -0.506 e. The Kier molecular flexibility index (Phi) is 2.65. The molecule has 0 heterocycles. The summed E-state index contributed by atoms with van der Waals surface area (Å²) in [7, 11) is 0. The van der Waals surface area contributed by atoms with E-state index in [1.54, 1.807) is 12.1 Å². The zero-order valence-corrected chi connectivity index (χ0v) is 9.05. The molecule has 1 N–H and O–H groups in total. The highest BCUT2D eigenvalue weighted by Crippen LogP contribution is 2.29. The van der Waals surface area contributed by atoms with E-state index in [-0.39, 0.29) is 5.75 Å². The molecule has 0 aromatic heterocycles. The van der Waals surface area contributed by atoms with Gasteiger partial charge >= 0.3 is 0 Å². The van der Waals surface area contributed by atoms with Gasteiger partial charge in [0.1, 0.15) is 5.75 Å². The normalized spacial score (nSPS) is 10.3. The minimum atomic E-state index is 0.105. The van der Waals surface area contributed by atoms with Gasteiger partial charge in [0.2, 0.25) is 0 Å². The van der Waals surface area contributed by atoms with Gasteiger partial charge in [-0.25, -0.2) is 0 Å². The van der Waals surface area contributed by atoms with Crippen LogP contribution in [-0.4, -0.2) is 5.11 Å². The maximum Gasteiger partial charge on any atom is 0.134 e. The van der Waals surface area contributed by atoms with Crippen LogP contribution < -0.4 is 0 Å². The topological polar surface area (TPSA) is 20.2 Å². The number of benzene rings is 2. The zero-order valence-electron chi connectivity index (χ0n) is 8.29. The summed E-state index contributed by atoms with van der Waals surface area (Å²) in [6.07, 6.45) is 0. The Balaban J connectivity index is 2.50. The fraction of sp³-hybridized carbons (Fsp3) is 0.0769. The molecule has 0 fully saturated rings. The predicted octanol–water partition coefficient (Wildman–Crippen LogP) is 3.82. The van der Waals surface area contributed by atoms with Gasteiger partial charge in [-0.05, 0) is 36.2 Å². The third kappa shape index (κ3) is 2.13. The molecule has 2 rings (SSSR count). The van der Waals surface area contributed by atoms with Crippen LogP contribution in [0.5, 0.6) is 5.75 Å². The van der Waals surface area contributed by atoms with Crippen molar-refractivity contribution < 1.29 is 5.11 Å². The Bertz CT molecular complexity index is 492. The summed E-state index contributed by atoms with van der Waals surface area (Å²) in [5, 5.41) is 9.67. The first kappa shape index (κ1) is 10.1. The van der Waals surface area contributed by atoms with Gasteiger partial charge in [-0.3, -0.25) is 0 Å². The van der Waals surface area contributed by atoms with Crippen LogP contribution in [0.1, 0.15) is 5.56 Å². The Morgan fingerprint density at radius 1 is 1.20 bits per heavy atom. The van der Waals surface area contributed by atoms with Gasteiger partial charge in [-0.1, -0.05) is 41.4 Å². The van der Waals surface area contributed by atoms with Gasteiger partial charge in [-0.2, -0.15) is 0 Å². The van der Waals surface area contributed by atoms with E-state index in [9.17, 15) is 5.11 Å². The van der Waals surface area contributed by atoms with Gasteiger partial charge in [-0.15, -0.1) is 0 Å². The molecular formula is C13H10ClO. The molecule has 2 aromatic rings. The van der Waals surface area contributed by atoms with Crippen LogP contribution in [0.2, 0.25) is 5.02 Å². The first-order valence-corrected chi connectivity index (χ1v) is 5.02. The monoisotopic (exact) mass is 217 g/mol. The number of halogens is 1. The molecule has 0 saturated heterocycles. The highest BCUT2D eigenvalue weighted by Gasteiger charge is 2.02. The van der Waals surface area contributed by atoms with Crippen LogP contribution in [0.15, 0.2) is 36.4 Å². The number of rotatable bonds is 1. The number of hydrogen-bond donors (Lipinski definition) is 1. The highest BCUT2D eigenvalue weighted by atomic mass is 35.5. The third-order valence-corrected chi connectivity index (χ3v) is 2.52. The SMILES string of the molecule is Cc1cc[c]c(-c2ccc(O)c(Cl)c2)c1. The van der Waals surface area contributed by atoms with E-state index in [0.717, 1.165) is 11.1 Å². The molecular weight excluding hydrogens is 208 g/mol. The van der Waals surface area contributed by atoms with Crippen LogP contribution in [0.4, 0.5) is 0 Å². The fourth-order valence-corrected chi connectivity index (χ4v) is 1.60. The standard InChI is InChI=1S/C13H10ClO/c1-9-3-2-4-10(7-9)11-5-6-13(15)12(14)8-11/h2-3,5-8,15H,1H3. The maximum atomic E-state index is 9.30. The average Bonchev–Trinajstić information content (AvgIpc) is 2.22. The van der Waals surface area contributed by atoms with Crippen LogP contribution in [0.3, 0.4) is 0 Å². The molecule has 0 unspecified atom stereocenters. The van der Waals surface area contributed by atoms with E-state index in [2.05, 4.69) is 6.07 Å². The van der Waals surface area contributed by atoms with Crippen molar-refractivity contribution in [2.75, 3.05) is 0 Å². The lowest BCUT2D eigenvalue weighted by Gasteiger charge is -2.04. The number of phenols is 1. The lowest BCUT2D eigenvalue weighted by atomic mass is 10.0. The maximum absolute atomic E-state index is 9.30. The second kappa shape index (κ2) is 3.95. The average molecular weight is 218 g/mol. The molecule has 75 valence electrons. The van der Waals surface area contributed by atoms with Crippen molar-refractivity contribution in [2.45, 2.75) is 6.92 Å². The van der Waals surface area contributed by atoms with Crippen molar-refractivity contribution in [2.24, 2.45) is 0 Å². The zero-order chi connectivity index (χ0) is 10.8. The van der Waals surface area contributed by atoms with Crippen molar-refractivity contribution in [1.82, 2.24) is 0 Å². The van der Waals surface area contributed by atoms with E-state index in [1.165, 1.54) is 5.56 Å². The Labute approximate surface area is 94.0 Å². The number of phenolic OH excluding ortho intramolecular Hbond substituents is 1. The third-order valence-electron chi connectivity index (χ3n) is 2.22. The molecule has 0 atom stereocenters. The van der Waals surface area contributed by atoms with E-state index < -0.39 is 0 Å². The van der Waals surface area contributed by atoms with Gasteiger partial charge in [0.25, 0.3) is 0 Å². The summed E-state index contributed by atoms with van der Waals surface area (Å²) in [6.45, 7) is 2.03. The van der Waals surface area contributed by atoms with Gasteiger partial charge < -0.3 is 5.11 Å². The quantitative estimate of drug-likeness (QED) is 0.770. The summed E-state index contributed by atoms with van der Waals surface area (Å²) in [5.74, 6) is 0.105. The molecule has 0 aliphatic rings. The molecule has 0 aliphatic heterocycles. The molecule has 0 amide bonds. The predicted molar refractivity (Wildman–Crippen MR) is 62.1 cm³/mol. The second-order valence-electron chi connectivity index (χ2n) is 3.45. The van der Waals surface area contributed by atoms with Crippen molar-refractivity contribution in [3.05, 3.63) is 53.1 Å². The van der Waals surface area contributed by atoms with E-state index in [0.29, 0.717) is 5.02 Å². The number of hydrogen-bond acceptors (Lipinski definition) is 1. The lowest BCUT2D eigenvalue weighted by Crippen LogP contribution is -1.80. The van der Waals surface area contributed by atoms with Crippen molar-refractivity contribution >= 4 is 11.6 Å². The van der Waals surface area contributed by atoms with Crippen LogP contribution >= 0.6 is 11.6 Å². The Morgan fingerprint density at radius 2 is 2.00 bits per heavy atom. The molecule has 2 heteroatoms. The summed E-state index contributed by atoms with van der Waals surface area (Å²) in [6, 6.07) is 14.2. The summed E-state index contributed by atoms with van der Waals surface area (Å²) in [4.78, 5) is 0. The van der Waals surface area contributed by atoms with Crippen LogP contribution in [0, 0.1) is 13.0 Å². The lowest BCUT2D eigenvalue weighted by molar-refractivity contribution is 0.475. The smallest absolute Gasteiger partial charge is 0.134 e. The second-order valence-corrected chi connectivity index (χ2v) is 3.85. The summed E-state index contributed by atoms with van der Waals surface area (Å²) in [5.41, 5.74) is 3.12. The highest BCUT2D eigenvalue weighted by molar-refractivity contribution is 6.32. The molecule has 1 radical (unpaired) electrons. The number of aryl methyl sites for hydroxylation is 1. The van der Waals surface area contributed by atoms with E-state index in [4.69, 9.17) is 11.6 Å². The molecule has 0 spiro atoms. The largest absolute Gasteiger partial charge is 0.506 e. The molecule has 0 aliphatic carbocycles. The molecule has 0 bridgehead atoms. The van der Waals surface area contributed by atoms with Gasteiger partial charge in [0, 0.05) is 0 Å². The summed E-state index contributed by atoms with van der Waals surface area (Å²) < 4.78 is 0. The van der Waals surface area contributed by atoms with E-state index in [1.807, 2.05) is 31.2 Å². The van der Waals surface area contributed by atoms with Crippen LogP contribution in [0.25, 0.3) is 11.1 Å². The number of aromatic hydroxyl groups is 1. The molecule has 15 heavy (non-hydrogen) atoms. The first-order valence-electron chi connectivity index (χ1n) is 4.64. The first-order chi connectivity index (χ1) is 7.16. The Hall–Kier alpha value is -1.47. The van der Waals surface area contributed by atoms with Crippen molar-refractivity contribution in [3.8, 4) is 16.9 Å². The van der Waals surface area contributed by atoms with Crippen LogP contribution in [-0.2, 0) is 0 Å². The van der Waals surface area contributed by atoms with E-state index >= 15 is 0 Å².